The van der Waals surface area contributed by atoms with Crippen molar-refractivity contribution in [3.63, 3.8) is 0 Å². The molecule has 0 aliphatic rings. The van der Waals surface area contributed by atoms with Gasteiger partial charge >= 0.3 is 0 Å². The number of thiophene rings is 1. The Labute approximate surface area is 158 Å². The van der Waals surface area contributed by atoms with Gasteiger partial charge in [0, 0.05) is 36.9 Å². The van der Waals surface area contributed by atoms with Crippen LogP contribution in [-0.4, -0.2) is 20.6 Å². The van der Waals surface area contributed by atoms with Crippen molar-refractivity contribution in [1.82, 2.24) is 9.78 Å². The Morgan fingerprint density at radius 3 is 2.63 bits per heavy atom. The molecule has 1 amide bonds. The summed E-state index contributed by atoms with van der Waals surface area (Å²) in [6, 6.07) is 12.6. The van der Waals surface area contributed by atoms with Crippen LogP contribution >= 0.6 is 11.3 Å². The number of carbonyl (C=O) groups is 1. The zero-order valence-corrected chi connectivity index (χ0v) is 15.0. The summed E-state index contributed by atoms with van der Waals surface area (Å²) in [6.45, 7) is 0.325. The topological polar surface area (TPSA) is 107 Å². The van der Waals surface area contributed by atoms with Crippen LogP contribution in [0.2, 0.25) is 0 Å². The first-order valence-electron chi connectivity index (χ1n) is 8.19. The van der Waals surface area contributed by atoms with Gasteiger partial charge in [-0.1, -0.05) is 6.07 Å². The summed E-state index contributed by atoms with van der Waals surface area (Å²) in [7, 11) is 0. The minimum Gasteiger partial charge on any atom is -0.326 e. The highest BCUT2D eigenvalue weighted by Crippen LogP contribution is 2.21. The van der Waals surface area contributed by atoms with Gasteiger partial charge in [0.25, 0.3) is 11.2 Å². The molecule has 1 aromatic carbocycles. The molecule has 0 aliphatic heterocycles. The number of nitro benzene ring substituents is 1. The summed E-state index contributed by atoms with van der Waals surface area (Å²) in [5.74, 6) is -0.230. The van der Waals surface area contributed by atoms with Crippen molar-refractivity contribution in [2.24, 2.45) is 0 Å². The Bertz CT molecular complexity index is 997. The van der Waals surface area contributed by atoms with E-state index in [1.165, 1.54) is 46.4 Å². The van der Waals surface area contributed by atoms with Crippen molar-refractivity contribution in [3.8, 4) is 10.6 Å². The van der Waals surface area contributed by atoms with Gasteiger partial charge in [-0.3, -0.25) is 19.7 Å². The van der Waals surface area contributed by atoms with Crippen LogP contribution in [0, 0.1) is 10.1 Å². The number of carbonyl (C=O) groups excluding carboxylic acids is 1. The molecule has 0 unspecified atom stereocenters. The van der Waals surface area contributed by atoms with Gasteiger partial charge < -0.3 is 5.32 Å². The normalized spacial score (nSPS) is 10.5. The molecule has 2 aromatic heterocycles. The van der Waals surface area contributed by atoms with Crippen LogP contribution in [0.4, 0.5) is 11.4 Å². The monoisotopic (exact) mass is 384 g/mol. The third-order valence-electron chi connectivity index (χ3n) is 3.78. The van der Waals surface area contributed by atoms with Crippen LogP contribution in [0.3, 0.4) is 0 Å². The number of hydrogen-bond donors (Lipinski definition) is 1. The predicted octanol–water partition coefficient (Wildman–Crippen LogP) is 3.30. The van der Waals surface area contributed by atoms with Crippen molar-refractivity contribution in [3.05, 3.63) is 74.4 Å². The molecule has 2 heterocycles. The van der Waals surface area contributed by atoms with Crippen molar-refractivity contribution in [1.29, 1.82) is 0 Å². The first kappa shape index (κ1) is 18.5. The molecule has 9 heteroatoms. The Morgan fingerprint density at radius 1 is 1.19 bits per heavy atom. The zero-order valence-electron chi connectivity index (χ0n) is 14.2. The second-order valence-electron chi connectivity index (χ2n) is 5.71. The number of benzene rings is 1. The van der Waals surface area contributed by atoms with Crippen molar-refractivity contribution >= 4 is 28.6 Å². The van der Waals surface area contributed by atoms with E-state index in [-0.39, 0.29) is 23.6 Å². The van der Waals surface area contributed by atoms with E-state index in [1.807, 2.05) is 17.5 Å². The number of nitro groups is 1. The Balaban J connectivity index is 1.55. The molecule has 0 fully saturated rings. The summed E-state index contributed by atoms with van der Waals surface area (Å²) >= 11 is 1.54. The van der Waals surface area contributed by atoms with Gasteiger partial charge in [0.1, 0.15) is 5.69 Å². The van der Waals surface area contributed by atoms with Gasteiger partial charge in [0.05, 0.1) is 9.80 Å². The van der Waals surface area contributed by atoms with Gasteiger partial charge in [0.2, 0.25) is 5.91 Å². The molecule has 27 heavy (non-hydrogen) atoms. The van der Waals surface area contributed by atoms with Gasteiger partial charge in [-0.2, -0.15) is 5.10 Å². The maximum atomic E-state index is 12.0. The quantitative estimate of drug-likeness (QED) is 0.497. The molecule has 138 valence electrons. The molecular formula is C18H16N4O4S. The smallest absolute Gasteiger partial charge is 0.269 e. The lowest BCUT2D eigenvalue weighted by Crippen LogP contribution is -2.23. The summed E-state index contributed by atoms with van der Waals surface area (Å²) in [6.07, 6.45) is 0.647. The average Bonchev–Trinajstić information content (AvgIpc) is 3.18. The van der Waals surface area contributed by atoms with Crippen LogP contribution < -0.4 is 10.9 Å². The minimum atomic E-state index is -0.499. The molecule has 0 saturated carbocycles. The highest BCUT2D eigenvalue weighted by atomic mass is 32.1. The molecular weight excluding hydrogens is 368 g/mol. The fourth-order valence-electron chi connectivity index (χ4n) is 2.44. The number of amides is 1. The Morgan fingerprint density at radius 2 is 1.96 bits per heavy atom. The molecule has 0 aliphatic carbocycles. The maximum absolute atomic E-state index is 12.0. The first-order chi connectivity index (χ1) is 13.0. The molecule has 3 aromatic rings. The number of anilines is 1. The fourth-order valence-corrected chi connectivity index (χ4v) is 3.13. The minimum absolute atomic E-state index is 0.0379. The number of nitrogens with one attached hydrogen (secondary N) is 1. The third kappa shape index (κ3) is 4.85. The van der Waals surface area contributed by atoms with E-state index in [9.17, 15) is 19.7 Å². The Hall–Kier alpha value is -3.33. The summed E-state index contributed by atoms with van der Waals surface area (Å²) in [4.78, 5) is 35.0. The lowest BCUT2D eigenvalue weighted by molar-refractivity contribution is -0.384. The number of nitrogens with zero attached hydrogens (tertiary/aromatic N) is 3. The fraction of sp³-hybridized carbons (Fsp3) is 0.167. The van der Waals surface area contributed by atoms with E-state index in [4.69, 9.17) is 0 Å². The highest BCUT2D eigenvalue weighted by Gasteiger charge is 2.08. The standard InChI is InChI=1S/C18H16N4O4S/c23-17(19-13-5-7-14(8-6-13)22(25)26)4-1-11-21-18(24)10-9-15(20-21)16-3-2-12-27-16/h2-3,5-10,12H,1,4,11H2,(H,19,23). The number of rotatable bonds is 7. The maximum Gasteiger partial charge on any atom is 0.269 e. The van der Waals surface area contributed by atoms with Crippen molar-refractivity contribution < 1.29 is 9.72 Å². The molecule has 0 radical (unpaired) electrons. The third-order valence-corrected chi connectivity index (χ3v) is 4.67. The first-order valence-corrected chi connectivity index (χ1v) is 9.07. The van der Waals surface area contributed by atoms with Crippen molar-refractivity contribution in [2.45, 2.75) is 19.4 Å². The van der Waals surface area contributed by atoms with Crippen molar-refractivity contribution in [2.75, 3.05) is 5.32 Å². The van der Waals surface area contributed by atoms with E-state index >= 15 is 0 Å². The molecule has 0 saturated heterocycles. The molecule has 0 atom stereocenters. The lowest BCUT2D eigenvalue weighted by Gasteiger charge is -2.07. The lowest BCUT2D eigenvalue weighted by atomic mass is 10.2. The SMILES string of the molecule is O=C(CCCn1nc(-c2cccs2)ccc1=O)Nc1ccc([N+](=O)[O-])cc1. The van der Waals surface area contributed by atoms with Crippen LogP contribution in [0.5, 0.6) is 0 Å². The van der Waals surface area contributed by atoms with Crippen LogP contribution in [0.1, 0.15) is 12.8 Å². The van der Waals surface area contributed by atoms with E-state index in [0.29, 0.717) is 18.7 Å². The second-order valence-corrected chi connectivity index (χ2v) is 6.66. The summed E-state index contributed by atoms with van der Waals surface area (Å²) in [5, 5.41) is 19.6. The molecule has 3 rings (SSSR count). The number of aromatic nitrogens is 2. The largest absolute Gasteiger partial charge is 0.326 e. The van der Waals surface area contributed by atoms with Crippen LogP contribution in [0.25, 0.3) is 10.6 Å². The van der Waals surface area contributed by atoms with Crippen LogP contribution in [-0.2, 0) is 11.3 Å². The van der Waals surface area contributed by atoms with E-state index < -0.39 is 4.92 Å². The van der Waals surface area contributed by atoms with Gasteiger partial charge in [-0.05, 0) is 36.1 Å². The van der Waals surface area contributed by atoms with E-state index in [1.54, 1.807) is 6.07 Å². The summed E-state index contributed by atoms with van der Waals surface area (Å²) in [5.41, 5.74) is 0.954. The van der Waals surface area contributed by atoms with Gasteiger partial charge in [-0.15, -0.1) is 11.3 Å². The molecule has 0 spiro atoms. The summed E-state index contributed by atoms with van der Waals surface area (Å²) < 4.78 is 1.36. The van der Waals surface area contributed by atoms with Gasteiger partial charge in [-0.25, -0.2) is 4.68 Å². The van der Waals surface area contributed by atoms with Gasteiger partial charge in [0.15, 0.2) is 0 Å². The molecule has 1 N–H and O–H groups in total. The number of non-ortho nitro benzene ring substituents is 1. The second kappa shape index (κ2) is 8.37. The van der Waals surface area contributed by atoms with E-state index in [0.717, 1.165) is 10.6 Å². The predicted molar refractivity (Wildman–Crippen MR) is 103 cm³/mol. The van der Waals surface area contributed by atoms with Crippen LogP contribution in [0.15, 0.2) is 58.7 Å². The molecule has 8 nitrogen and oxygen atoms in total. The number of hydrogen-bond acceptors (Lipinski definition) is 6. The van der Waals surface area contributed by atoms with E-state index in [2.05, 4.69) is 10.4 Å². The number of aryl methyl sites for hydroxylation is 1. The zero-order chi connectivity index (χ0) is 19.2. The molecule has 0 bridgehead atoms. The average molecular weight is 384 g/mol. The Kier molecular flexibility index (Phi) is 5.72. The highest BCUT2D eigenvalue weighted by molar-refractivity contribution is 7.13.